The molecule has 0 saturated heterocycles. The Bertz CT molecular complexity index is 1250. The molecule has 29 heavy (non-hydrogen) atoms. The van der Waals surface area contributed by atoms with Crippen molar-refractivity contribution in [1.29, 1.82) is 0 Å². The van der Waals surface area contributed by atoms with Crippen molar-refractivity contribution in [2.45, 2.75) is 0 Å². The average Bonchev–Trinajstić information content (AvgIpc) is 2.73. The van der Waals surface area contributed by atoms with Crippen LogP contribution in [0.15, 0.2) is 83.6 Å². The number of hydrogen-bond acceptors (Lipinski definition) is 4. The largest absolute Gasteiger partial charge is 0.340 e. The molecule has 0 unspecified atom stereocenters. The van der Waals surface area contributed by atoms with Gasteiger partial charge in [-0.1, -0.05) is 46.1 Å². The third kappa shape index (κ3) is 4.78. The quantitative estimate of drug-likeness (QED) is 0.431. The third-order valence-corrected chi connectivity index (χ3v) is 4.57. The zero-order valence-corrected chi connectivity index (χ0v) is 16.8. The normalized spacial score (nSPS) is 10.1. The summed E-state index contributed by atoms with van der Waals surface area (Å²) in [4.78, 5) is 20.8. The Kier molecular flexibility index (Phi) is 5.50. The second kappa shape index (κ2) is 8.55. The molecule has 1 aromatic heterocycles. The fourth-order valence-electron chi connectivity index (χ4n) is 2.75. The molecule has 1 heterocycles. The lowest BCUT2D eigenvalue weighted by Crippen LogP contribution is -2.08. The molecule has 5 nitrogen and oxygen atoms in total. The number of aromatic nitrogens is 2. The summed E-state index contributed by atoms with van der Waals surface area (Å²) in [6.07, 6.45) is 1.51. The molecule has 0 spiro atoms. The topological polar surface area (TPSA) is 66.9 Å². The molecule has 0 aliphatic heterocycles. The van der Waals surface area contributed by atoms with E-state index in [1.54, 1.807) is 6.07 Å². The van der Waals surface area contributed by atoms with E-state index in [0.29, 0.717) is 11.5 Å². The predicted molar refractivity (Wildman–Crippen MR) is 119 cm³/mol. The molecule has 0 aliphatic rings. The molecule has 0 aliphatic carbocycles. The second-order valence-electron chi connectivity index (χ2n) is 6.16. The van der Waals surface area contributed by atoms with Crippen LogP contribution < -0.4 is 10.6 Å². The molecule has 0 fully saturated rings. The first-order chi connectivity index (χ1) is 14.2. The van der Waals surface area contributed by atoms with Gasteiger partial charge in [0.15, 0.2) is 0 Å². The van der Waals surface area contributed by atoms with Crippen LogP contribution in [0.25, 0.3) is 10.9 Å². The van der Waals surface area contributed by atoms with Crippen LogP contribution >= 0.6 is 15.9 Å². The lowest BCUT2D eigenvalue weighted by atomic mass is 10.2. The van der Waals surface area contributed by atoms with Gasteiger partial charge in [0, 0.05) is 32.7 Å². The molecule has 3 aromatic carbocycles. The Hall–Kier alpha value is -3.69. The Morgan fingerprint density at radius 1 is 0.897 bits per heavy atom. The molecule has 0 saturated carbocycles. The molecular formula is C23H15BrN4O. The van der Waals surface area contributed by atoms with Crippen molar-refractivity contribution in [3.63, 3.8) is 0 Å². The maximum Gasteiger partial charge on any atom is 0.300 e. The van der Waals surface area contributed by atoms with Crippen LogP contribution in [0.5, 0.6) is 0 Å². The van der Waals surface area contributed by atoms with Crippen LogP contribution in [0.2, 0.25) is 0 Å². The van der Waals surface area contributed by atoms with Crippen LogP contribution in [0.3, 0.4) is 0 Å². The van der Waals surface area contributed by atoms with Crippen molar-refractivity contribution in [1.82, 2.24) is 9.97 Å². The van der Waals surface area contributed by atoms with Gasteiger partial charge in [0.2, 0.25) is 0 Å². The number of benzene rings is 3. The van der Waals surface area contributed by atoms with Crippen molar-refractivity contribution in [3.05, 3.63) is 89.2 Å². The van der Waals surface area contributed by atoms with E-state index < -0.39 is 0 Å². The Morgan fingerprint density at radius 2 is 1.76 bits per heavy atom. The Morgan fingerprint density at radius 3 is 2.59 bits per heavy atom. The van der Waals surface area contributed by atoms with Crippen molar-refractivity contribution < 1.29 is 4.79 Å². The summed E-state index contributed by atoms with van der Waals surface area (Å²) in [6, 6.07) is 22.6. The highest BCUT2D eigenvalue weighted by Gasteiger charge is 2.07. The van der Waals surface area contributed by atoms with Gasteiger partial charge in [0.25, 0.3) is 0 Å². The number of anilines is 3. The summed E-state index contributed by atoms with van der Waals surface area (Å²) in [5.41, 5.74) is 3.07. The summed E-state index contributed by atoms with van der Waals surface area (Å²) < 4.78 is 0.964. The Labute approximate surface area is 176 Å². The summed E-state index contributed by atoms with van der Waals surface area (Å²) in [5, 5.41) is 6.89. The van der Waals surface area contributed by atoms with Gasteiger partial charge in [-0.15, -0.1) is 0 Å². The van der Waals surface area contributed by atoms with Gasteiger partial charge in [-0.05, 0) is 48.5 Å². The molecule has 0 radical (unpaired) electrons. The number of fused-ring (bicyclic) bond motifs is 1. The Balaban J connectivity index is 1.58. The summed E-state index contributed by atoms with van der Waals surface area (Å²) in [6.45, 7) is 0. The van der Waals surface area contributed by atoms with E-state index in [2.05, 4.69) is 48.4 Å². The first-order valence-electron chi connectivity index (χ1n) is 8.83. The highest BCUT2D eigenvalue weighted by molar-refractivity contribution is 9.10. The molecular weight excluding hydrogens is 428 g/mol. The minimum Gasteiger partial charge on any atom is -0.340 e. The lowest BCUT2D eigenvalue weighted by Gasteiger charge is -2.10. The summed E-state index contributed by atoms with van der Waals surface area (Å²) >= 11 is 3.46. The van der Waals surface area contributed by atoms with Gasteiger partial charge in [-0.3, -0.25) is 4.79 Å². The number of nitrogens with zero attached hydrogens (tertiary/aromatic N) is 2. The number of amides is 1. The van der Waals surface area contributed by atoms with E-state index >= 15 is 0 Å². The molecule has 0 bridgehead atoms. The molecule has 4 aromatic rings. The molecule has 140 valence electrons. The lowest BCUT2D eigenvalue weighted by molar-refractivity contribution is -0.111. The van der Waals surface area contributed by atoms with Crippen molar-refractivity contribution >= 4 is 49.9 Å². The van der Waals surface area contributed by atoms with Crippen LogP contribution in [-0.2, 0) is 4.79 Å². The first-order valence-corrected chi connectivity index (χ1v) is 9.62. The zero-order valence-electron chi connectivity index (χ0n) is 15.2. The van der Waals surface area contributed by atoms with E-state index in [1.807, 2.05) is 66.7 Å². The molecule has 0 atom stereocenters. The number of hydrogen-bond donors (Lipinski definition) is 2. The highest BCUT2D eigenvalue weighted by Crippen LogP contribution is 2.26. The third-order valence-electron chi connectivity index (χ3n) is 4.07. The van der Waals surface area contributed by atoms with E-state index in [4.69, 9.17) is 0 Å². The number of rotatable bonds is 3. The maximum absolute atomic E-state index is 12.2. The van der Waals surface area contributed by atoms with Crippen LogP contribution in [0.1, 0.15) is 5.56 Å². The number of carbonyl (C=O) groups excluding carboxylic acids is 1. The maximum atomic E-state index is 12.2. The number of carbonyl (C=O) groups is 1. The smallest absolute Gasteiger partial charge is 0.300 e. The van der Waals surface area contributed by atoms with E-state index in [0.717, 1.165) is 26.6 Å². The zero-order chi connectivity index (χ0) is 20.1. The van der Waals surface area contributed by atoms with Crippen molar-refractivity contribution in [2.24, 2.45) is 0 Å². The van der Waals surface area contributed by atoms with Crippen molar-refractivity contribution in [3.8, 4) is 11.8 Å². The minimum absolute atomic E-state index is 0.383. The van der Waals surface area contributed by atoms with Gasteiger partial charge in [-0.25, -0.2) is 9.97 Å². The monoisotopic (exact) mass is 442 g/mol. The van der Waals surface area contributed by atoms with E-state index in [9.17, 15) is 4.79 Å². The number of halogens is 1. The van der Waals surface area contributed by atoms with Crippen LogP contribution in [-0.4, -0.2) is 15.9 Å². The first kappa shape index (κ1) is 18.7. The molecule has 2 N–H and O–H groups in total. The minimum atomic E-state index is -0.383. The standard InChI is InChI=1S/C23H15BrN4O/c24-17-7-4-8-18(13-17)28-23-20-14-19(10-11-21(20)25-15-26-23)27-22(29)12-9-16-5-2-1-3-6-16/h1-8,10-11,13-15H,(H,27,29)(H,25,26,28). The fourth-order valence-corrected chi connectivity index (χ4v) is 3.15. The molecule has 1 amide bonds. The van der Waals surface area contributed by atoms with Crippen LogP contribution in [0.4, 0.5) is 17.2 Å². The predicted octanol–water partition coefficient (Wildman–Crippen LogP) is 5.13. The van der Waals surface area contributed by atoms with Crippen molar-refractivity contribution in [2.75, 3.05) is 10.6 Å². The SMILES string of the molecule is O=C(C#Cc1ccccc1)Nc1ccc2ncnc(Nc3cccc(Br)c3)c2c1. The van der Waals surface area contributed by atoms with Gasteiger partial charge in [0.05, 0.1) is 5.52 Å². The second-order valence-corrected chi connectivity index (χ2v) is 7.08. The molecule has 6 heteroatoms. The summed E-state index contributed by atoms with van der Waals surface area (Å²) in [7, 11) is 0. The van der Waals surface area contributed by atoms with E-state index in [-0.39, 0.29) is 5.91 Å². The average molecular weight is 443 g/mol. The van der Waals surface area contributed by atoms with Crippen LogP contribution in [0, 0.1) is 11.8 Å². The number of nitrogens with one attached hydrogen (secondary N) is 2. The van der Waals surface area contributed by atoms with E-state index in [1.165, 1.54) is 6.33 Å². The van der Waals surface area contributed by atoms with Gasteiger partial charge in [-0.2, -0.15) is 0 Å². The fraction of sp³-hybridized carbons (Fsp3) is 0. The molecule has 4 rings (SSSR count). The van der Waals surface area contributed by atoms with Gasteiger partial charge in [0.1, 0.15) is 12.1 Å². The highest BCUT2D eigenvalue weighted by atomic mass is 79.9. The van der Waals surface area contributed by atoms with Gasteiger partial charge >= 0.3 is 5.91 Å². The van der Waals surface area contributed by atoms with Gasteiger partial charge < -0.3 is 10.6 Å². The summed E-state index contributed by atoms with van der Waals surface area (Å²) in [5.74, 6) is 5.72.